The molecule has 1 atom stereocenters. The minimum Gasteiger partial charge on any atom is -0.454 e. The van der Waals surface area contributed by atoms with Gasteiger partial charge in [0, 0.05) is 0 Å². The van der Waals surface area contributed by atoms with Crippen molar-refractivity contribution in [1.82, 2.24) is 0 Å². The summed E-state index contributed by atoms with van der Waals surface area (Å²) in [6.07, 6.45) is 4.30. The second-order valence-corrected chi connectivity index (χ2v) is 3.56. The predicted molar refractivity (Wildman–Crippen MR) is 49.5 cm³/mol. The molecule has 1 radical (unpaired) electrons. The number of ether oxygens (including phenoxy) is 1. The summed E-state index contributed by atoms with van der Waals surface area (Å²) in [5.41, 5.74) is 0. The van der Waals surface area contributed by atoms with Gasteiger partial charge in [-0.1, -0.05) is 27.2 Å². The quantitative estimate of drug-likeness (QED) is 0.588. The molecule has 0 aromatic heterocycles. The molecule has 0 fully saturated rings. The highest BCUT2D eigenvalue weighted by Gasteiger charge is 2.06. The molecule has 0 bridgehead atoms. The average Bonchev–Trinajstić information content (AvgIpc) is 2.02. The lowest BCUT2D eigenvalue weighted by Gasteiger charge is -2.12. The zero-order valence-corrected chi connectivity index (χ0v) is 8.30. The molecule has 0 saturated heterocycles. The molecule has 0 aromatic carbocycles. The van der Waals surface area contributed by atoms with Crippen molar-refractivity contribution in [2.24, 2.45) is 5.92 Å². The Morgan fingerprint density at radius 2 is 2.00 bits per heavy atom. The van der Waals surface area contributed by atoms with E-state index in [0.29, 0.717) is 0 Å². The molecule has 0 aliphatic heterocycles. The molecule has 2 heteroatoms. The van der Waals surface area contributed by atoms with Crippen molar-refractivity contribution in [3.05, 3.63) is 0 Å². The smallest absolute Gasteiger partial charge is 0.417 e. The summed E-state index contributed by atoms with van der Waals surface area (Å²) in [5.74, 6) is 0.739. The highest BCUT2D eigenvalue weighted by Crippen LogP contribution is 2.11. The van der Waals surface area contributed by atoms with Crippen LogP contribution in [-0.2, 0) is 9.53 Å². The number of hydrogen-bond donors (Lipinski definition) is 0. The first-order valence-electron chi connectivity index (χ1n) is 4.73. The largest absolute Gasteiger partial charge is 0.454 e. The van der Waals surface area contributed by atoms with Gasteiger partial charge < -0.3 is 4.74 Å². The first kappa shape index (κ1) is 11.5. The fourth-order valence-corrected chi connectivity index (χ4v) is 1.17. The third kappa shape index (κ3) is 6.20. The first-order valence-corrected chi connectivity index (χ1v) is 4.73. The molecule has 71 valence electrons. The summed E-state index contributed by atoms with van der Waals surface area (Å²) in [7, 11) is 0. The number of hydrogen-bond acceptors (Lipinski definition) is 2. The third-order valence-corrected chi connectivity index (χ3v) is 1.98. The van der Waals surface area contributed by atoms with Crippen LogP contribution in [0.2, 0.25) is 0 Å². The predicted octanol–water partition coefficient (Wildman–Crippen LogP) is 2.68. The van der Waals surface area contributed by atoms with Crippen molar-refractivity contribution in [3.63, 3.8) is 0 Å². The average molecular weight is 171 g/mol. The summed E-state index contributed by atoms with van der Waals surface area (Å²) >= 11 is 0. The molecule has 0 saturated carbocycles. The minimum atomic E-state index is 0.0845. The van der Waals surface area contributed by atoms with Gasteiger partial charge in [0.25, 0.3) is 0 Å². The Morgan fingerprint density at radius 1 is 1.33 bits per heavy atom. The zero-order valence-electron chi connectivity index (χ0n) is 8.30. The zero-order chi connectivity index (χ0) is 9.40. The van der Waals surface area contributed by atoms with Gasteiger partial charge in [-0.2, -0.15) is 0 Å². The molecule has 0 amide bonds. The molecule has 0 aliphatic rings. The topological polar surface area (TPSA) is 26.3 Å². The van der Waals surface area contributed by atoms with Gasteiger partial charge >= 0.3 is 6.47 Å². The molecule has 0 N–H and O–H groups in total. The van der Waals surface area contributed by atoms with E-state index in [0.717, 1.165) is 25.2 Å². The first-order chi connectivity index (χ1) is 5.70. The Hall–Kier alpha value is -0.530. The SMILES string of the molecule is CCC(CCCC(C)C)O[C]=O. The van der Waals surface area contributed by atoms with Crippen LogP contribution in [-0.4, -0.2) is 12.6 Å². The molecule has 2 nitrogen and oxygen atoms in total. The van der Waals surface area contributed by atoms with Gasteiger partial charge in [0.1, 0.15) is 6.10 Å². The van der Waals surface area contributed by atoms with Gasteiger partial charge in [-0.15, -0.1) is 0 Å². The maximum atomic E-state index is 9.92. The van der Waals surface area contributed by atoms with E-state index in [2.05, 4.69) is 13.8 Å². The maximum absolute atomic E-state index is 9.92. The highest BCUT2D eigenvalue weighted by atomic mass is 16.5. The molecular formula is C10H19O2. The Balaban J connectivity index is 3.37. The standard InChI is InChI=1S/C10H19O2/c1-4-10(12-8-11)7-5-6-9(2)3/h9-10H,4-7H2,1-3H3. The monoisotopic (exact) mass is 171 g/mol. The van der Waals surface area contributed by atoms with Crippen LogP contribution in [0.25, 0.3) is 0 Å². The molecule has 0 rings (SSSR count). The van der Waals surface area contributed by atoms with Gasteiger partial charge in [-0.05, 0) is 25.2 Å². The number of carbonyl (C=O) groups excluding carboxylic acids is 1. The second-order valence-electron chi connectivity index (χ2n) is 3.56. The second kappa shape index (κ2) is 7.14. The Morgan fingerprint density at radius 3 is 2.42 bits per heavy atom. The maximum Gasteiger partial charge on any atom is 0.417 e. The van der Waals surface area contributed by atoms with Crippen LogP contribution >= 0.6 is 0 Å². The molecule has 0 heterocycles. The Kier molecular flexibility index (Phi) is 6.82. The summed E-state index contributed by atoms with van der Waals surface area (Å²) < 4.78 is 4.77. The van der Waals surface area contributed by atoms with Crippen molar-refractivity contribution in [1.29, 1.82) is 0 Å². The van der Waals surface area contributed by atoms with E-state index in [1.165, 1.54) is 12.9 Å². The van der Waals surface area contributed by atoms with Crippen molar-refractivity contribution in [2.45, 2.75) is 52.6 Å². The fraction of sp³-hybridized carbons (Fsp3) is 0.900. The van der Waals surface area contributed by atoms with E-state index in [9.17, 15) is 4.79 Å². The van der Waals surface area contributed by atoms with E-state index < -0.39 is 0 Å². The summed E-state index contributed by atoms with van der Waals surface area (Å²) in [4.78, 5) is 9.92. The third-order valence-electron chi connectivity index (χ3n) is 1.98. The van der Waals surface area contributed by atoms with Crippen LogP contribution in [0.3, 0.4) is 0 Å². The Bertz CT molecular complexity index is 110. The van der Waals surface area contributed by atoms with Gasteiger partial charge in [-0.25, -0.2) is 4.79 Å². The normalized spacial score (nSPS) is 13.0. The van der Waals surface area contributed by atoms with E-state index in [4.69, 9.17) is 4.74 Å². The van der Waals surface area contributed by atoms with Crippen LogP contribution in [0.15, 0.2) is 0 Å². The lowest BCUT2D eigenvalue weighted by atomic mass is 10.0. The Labute approximate surface area is 75.3 Å². The van der Waals surface area contributed by atoms with Gasteiger partial charge in [-0.3, -0.25) is 0 Å². The van der Waals surface area contributed by atoms with Gasteiger partial charge in [0.05, 0.1) is 0 Å². The van der Waals surface area contributed by atoms with Crippen LogP contribution in [0.5, 0.6) is 0 Å². The molecule has 1 unspecified atom stereocenters. The van der Waals surface area contributed by atoms with Gasteiger partial charge in [0.2, 0.25) is 0 Å². The summed E-state index contributed by atoms with van der Waals surface area (Å²) in [6, 6.07) is 0. The number of rotatable bonds is 7. The van der Waals surface area contributed by atoms with E-state index >= 15 is 0 Å². The fourth-order valence-electron chi connectivity index (χ4n) is 1.17. The molecule has 0 spiro atoms. The molecule has 12 heavy (non-hydrogen) atoms. The van der Waals surface area contributed by atoms with Crippen LogP contribution in [0.1, 0.15) is 46.5 Å². The molecule has 0 aromatic rings. The lowest BCUT2D eigenvalue weighted by Crippen LogP contribution is -2.10. The highest BCUT2D eigenvalue weighted by molar-refractivity contribution is 5.38. The van der Waals surface area contributed by atoms with Crippen LogP contribution in [0.4, 0.5) is 0 Å². The van der Waals surface area contributed by atoms with Crippen molar-refractivity contribution < 1.29 is 9.53 Å². The lowest BCUT2D eigenvalue weighted by molar-refractivity contribution is 0.158. The van der Waals surface area contributed by atoms with E-state index in [1.807, 2.05) is 6.92 Å². The molecular weight excluding hydrogens is 152 g/mol. The van der Waals surface area contributed by atoms with Crippen molar-refractivity contribution in [3.8, 4) is 0 Å². The molecule has 0 aliphatic carbocycles. The van der Waals surface area contributed by atoms with E-state index in [1.54, 1.807) is 0 Å². The summed E-state index contributed by atoms with van der Waals surface area (Å²) in [5, 5.41) is 0. The minimum absolute atomic E-state index is 0.0845. The van der Waals surface area contributed by atoms with Crippen molar-refractivity contribution in [2.75, 3.05) is 0 Å². The summed E-state index contributed by atoms with van der Waals surface area (Å²) in [6.45, 7) is 7.94. The van der Waals surface area contributed by atoms with Gasteiger partial charge in [0.15, 0.2) is 0 Å². The van der Waals surface area contributed by atoms with Crippen LogP contribution in [0, 0.1) is 5.92 Å². The van der Waals surface area contributed by atoms with Crippen LogP contribution < -0.4 is 0 Å². The van der Waals surface area contributed by atoms with Crippen molar-refractivity contribution >= 4 is 6.47 Å². The van der Waals surface area contributed by atoms with E-state index in [-0.39, 0.29) is 6.10 Å².